The van der Waals surface area contributed by atoms with Crippen molar-refractivity contribution >= 4 is 33.2 Å². The van der Waals surface area contributed by atoms with Gasteiger partial charge in [0, 0.05) is 28.6 Å². The van der Waals surface area contributed by atoms with Crippen LogP contribution in [0.25, 0.3) is 0 Å². The molecule has 1 aliphatic heterocycles. The minimum absolute atomic E-state index is 0.597. The summed E-state index contributed by atoms with van der Waals surface area (Å²) in [6, 6.07) is 6.65. The van der Waals surface area contributed by atoms with E-state index in [2.05, 4.69) is 39.1 Å². The lowest BCUT2D eigenvalue weighted by Crippen LogP contribution is -2.37. The average Bonchev–Trinajstić information content (AvgIpc) is 2.55. The molecule has 0 aliphatic carbocycles. The van der Waals surface area contributed by atoms with Crippen molar-refractivity contribution < 1.29 is 0 Å². The van der Waals surface area contributed by atoms with Crippen LogP contribution in [0.3, 0.4) is 0 Å². The topological polar surface area (TPSA) is 15.3 Å². The predicted molar refractivity (Wildman–Crippen MR) is 82.7 cm³/mol. The summed E-state index contributed by atoms with van der Waals surface area (Å²) < 4.78 is 1.09. The van der Waals surface area contributed by atoms with Crippen LogP contribution in [0.2, 0.25) is 5.02 Å². The van der Waals surface area contributed by atoms with Crippen molar-refractivity contribution in [2.45, 2.75) is 32.2 Å². The van der Waals surface area contributed by atoms with Gasteiger partial charge in [-0.05, 0) is 53.5 Å². The Labute approximate surface area is 123 Å². The molecule has 1 unspecified atom stereocenters. The molecule has 18 heavy (non-hydrogen) atoms. The van der Waals surface area contributed by atoms with Gasteiger partial charge in [0.25, 0.3) is 0 Å². The molecule has 1 aromatic carbocycles. The fraction of sp³-hybridized carbons (Fsp3) is 0.571. The van der Waals surface area contributed by atoms with E-state index in [1.807, 2.05) is 12.1 Å². The second kappa shape index (κ2) is 6.78. The third-order valence-corrected chi connectivity index (χ3v) is 4.24. The van der Waals surface area contributed by atoms with Crippen LogP contribution < -0.4 is 10.2 Å². The molecule has 1 heterocycles. The lowest BCUT2D eigenvalue weighted by atomic mass is 10.1. The Bertz CT molecular complexity index is 397. The first-order valence-corrected chi connectivity index (χ1v) is 7.81. The van der Waals surface area contributed by atoms with Gasteiger partial charge >= 0.3 is 0 Å². The van der Waals surface area contributed by atoms with Gasteiger partial charge in [-0.3, -0.25) is 0 Å². The molecule has 2 nitrogen and oxygen atoms in total. The standard InChI is InChI=1S/C14H20BrClN2/c1-2-4-12-10-18(8-3-7-17-12)14-6-5-11(16)9-13(14)15/h5-6,9,12,17H,2-4,7-8,10H2,1H3. The summed E-state index contributed by atoms with van der Waals surface area (Å²) in [4.78, 5) is 2.46. The molecule has 4 heteroatoms. The lowest BCUT2D eigenvalue weighted by Gasteiger charge is -2.27. The number of benzene rings is 1. The van der Waals surface area contributed by atoms with Gasteiger partial charge in [0.1, 0.15) is 0 Å². The van der Waals surface area contributed by atoms with Crippen LogP contribution >= 0.6 is 27.5 Å². The molecular formula is C14H20BrClN2. The molecule has 0 bridgehead atoms. The monoisotopic (exact) mass is 330 g/mol. The van der Waals surface area contributed by atoms with Crippen LogP contribution in [0.5, 0.6) is 0 Å². The Hall–Kier alpha value is -0.250. The summed E-state index contributed by atoms with van der Waals surface area (Å²) in [5, 5.41) is 4.41. The molecule has 0 spiro atoms. The van der Waals surface area contributed by atoms with E-state index >= 15 is 0 Å². The molecule has 0 saturated carbocycles. The molecule has 1 aromatic rings. The third kappa shape index (κ3) is 3.62. The van der Waals surface area contributed by atoms with Crippen LogP contribution in [0, 0.1) is 0 Å². The molecule has 0 amide bonds. The summed E-state index contributed by atoms with van der Waals surface area (Å²) in [6.45, 7) is 5.54. The third-order valence-electron chi connectivity index (χ3n) is 3.37. The average molecular weight is 332 g/mol. The van der Waals surface area contributed by atoms with Gasteiger partial charge in [-0.1, -0.05) is 24.9 Å². The van der Waals surface area contributed by atoms with Crippen LogP contribution in [-0.4, -0.2) is 25.7 Å². The Balaban J connectivity index is 2.14. The van der Waals surface area contributed by atoms with E-state index in [9.17, 15) is 0 Å². The van der Waals surface area contributed by atoms with Gasteiger partial charge in [-0.2, -0.15) is 0 Å². The molecule has 0 radical (unpaired) electrons. The molecule has 1 N–H and O–H groups in total. The van der Waals surface area contributed by atoms with Gasteiger partial charge in [0.2, 0.25) is 0 Å². The van der Waals surface area contributed by atoms with Crippen molar-refractivity contribution in [2.75, 3.05) is 24.5 Å². The Morgan fingerprint density at radius 1 is 1.50 bits per heavy atom. The first-order valence-electron chi connectivity index (χ1n) is 6.64. The Kier molecular flexibility index (Phi) is 5.34. The first-order chi connectivity index (χ1) is 8.70. The van der Waals surface area contributed by atoms with E-state index in [0.29, 0.717) is 6.04 Å². The largest absolute Gasteiger partial charge is 0.369 e. The SMILES string of the molecule is CCCC1CN(c2ccc(Cl)cc2Br)CCCN1. The number of anilines is 1. The summed E-state index contributed by atoms with van der Waals surface area (Å²) in [7, 11) is 0. The van der Waals surface area contributed by atoms with E-state index < -0.39 is 0 Å². The highest BCUT2D eigenvalue weighted by atomic mass is 79.9. The summed E-state index contributed by atoms with van der Waals surface area (Å²) >= 11 is 9.63. The lowest BCUT2D eigenvalue weighted by molar-refractivity contribution is 0.502. The number of hydrogen-bond acceptors (Lipinski definition) is 2. The van der Waals surface area contributed by atoms with Crippen molar-refractivity contribution in [2.24, 2.45) is 0 Å². The van der Waals surface area contributed by atoms with Gasteiger partial charge in [0.15, 0.2) is 0 Å². The van der Waals surface area contributed by atoms with E-state index in [0.717, 1.165) is 29.1 Å². The minimum atomic E-state index is 0.597. The number of hydrogen-bond donors (Lipinski definition) is 1. The normalized spacial score (nSPS) is 20.8. The zero-order chi connectivity index (χ0) is 13.0. The van der Waals surface area contributed by atoms with E-state index in [1.54, 1.807) is 0 Å². The second-order valence-corrected chi connectivity index (χ2v) is 6.13. The molecule has 1 aliphatic rings. The Morgan fingerprint density at radius 3 is 3.06 bits per heavy atom. The molecule has 100 valence electrons. The first kappa shape index (κ1) is 14.2. The predicted octanol–water partition coefficient (Wildman–Crippen LogP) is 4.07. The fourth-order valence-corrected chi connectivity index (χ4v) is 3.43. The second-order valence-electron chi connectivity index (χ2n) is 4.84. The maximum Gasteiger partial charge on any atom is 0.0512 e. The number of rotatable bonds is 3. The van der Waals surface area contributed by atoms with Crippen LogP contribution in [0.1, 0.15) is 26.2 Å². The van der Waals surface area contributed by atoms with Crippen molar-refractivity contribution in [3.05, 3.63) is 27.7 Å². The Morgan fingerprint density at radius 2 is 2.33 bits per heavy atom. The van der Waals surface area contributed by atoms with Gasteiger partial charge < -0.3 is 10.2 Å². The van der Waals surface area contributed by atoms with Crippen molar-refractivity contribution in [1.29, 1.82) is 0 Å². The van der Waals surface area contributed by atoms with E-state index in [-0.39, 0.29) is 0 Å². The maximum absolute atomic E-state index is 6.01. The summed E-state index contributed by atoms with van der Waals surface area (Å²) in [5.74, 6) is 0. The highest BCUT2D eigenvalue weighted by molar-refractivity contribution is 9.10. The van der Waals surface area contributed by atoms with Crippen LogP contribution in [0.15, 0.2) is 22.7 Å². The van der Waals surface area contributed by atoms with Gasteiger partial charge in [0.05, 0.1) is 5.69 Å². The van der Waals surface area contributed by atoms with Crippen LogP contribution in [-0.2, 0) is 0 Å². The van der Waals surface area contributed by atoms with Gasteiger partial charge in [-0.15, -0.1) is 0 Å². The molecule has 1 atom stereocenters. The van der Waals surface area contributed by atoms with Crippen molar-refractivity contribution in [3.8, 4) is 0 Å². The smallest absolute Gasteiger partial charge is 0.0512 e. The van der Waals surface area contributed by atoms with Crippen molar-refractivity contribution in [1.82, 2.24) is 5.32 Å². The van der Waals surface area contributed by atoms with E-state index in [1.165, 1.54) is 24.9 Å². The summed E-state index contributed by atoms with van der Waals surface area (Å²) in [6.07, 6.45) is 3.66. The fourth-order valence-electron chi connectivity index (χ4n) is 2.50. The number of nitrogens with one attached hydrogen (secondary N) is 1. The maximum atomic E-state index is 6.01. The molecule has 2 rings (SSSR count). The quantitative estimate of drug-likeness (QED) is 0.898. The number of nitrogens with zero attached hydrogens (tertiary/aromatic N) is 1. The van der Waals surface area contributed by atoms with Crippen LogP contribution in [0.4, 0.5) is 5.69 Å². The molecule has 1 saturated heterocycles. The van der Waals surface area contributed by atoms with Crippen molar-refractivity contribution in [3.63, 3.8) is 0 Å². The zero-order valence-electron chi connectivity index (χ0n) is 10.8. The molecule has 1 fully saturated rings. The van der Waals surface area contributed by atoms with E-state index in [4.69, 9.17) is 11.6 Å². The molecular weight excluding hydrogens is 312 g/mol. The summed E-state index contributed by atoms with van der Waals surface area (Å²) in [5.41, 5.74) is 1.25. The van der Waals surface area contributed by atoms with Gasteiger partial charge in [-0.25, -0.2) is 0 Å². The highest BCUT2D eigenvalue weighted by Gasteiger charge is 2.18. The zero-order valence-corrected chi connectivity index (χ0v) is 13.1. The highest BCUT2D eigenvalue weighted by Crippen LogP contribution is 2.30. The minimum Gasteiger partial charge on any atom is -0.369 e. The molecule has 0 aromatic heterocycles. The number of halogens is 2.